The Morgan fingerprint density at radius 3 is 2.65 bits per heavy atom. The van der Waals surface area contributed by atoms with E-state index in [0.717, 1.165) is 0 Å². The van der Waals surface area contributed by atoms with Crippen molar-refractivity contribution in [2.75, 3.05) is 6.61 Å². The molecule has 0 fully saturated rings. The van der Waals surface area contributed by atoms with Crippen LogP contribution in [-0.4, -0.2) is 18.6 Å². The molecule has 2 amide bonds. The second kappa shape index (κ2) is 6.75. The van der Waals surface area contributed by atoms with Crippen molar-refractivity contribution in [3.8, 4) is 0 Å². The number of ether oxygens (including phenoxy) is 1. The van der Waals surface area contributed by atoms with Crippen molar-refractivity contribution in [3.05, 3.63) is 34.9 Å². The fourth-order valence-electron chi connectivity index (χ4n) is 1.05. The largest absolute Gasteiger partial charge is 0.448 e. The molecule has 1 aromatic rings. The molecular weight excluding hydrogens is 244 g/mol. The summed E-state index contributed by atoms with van der Waals surface area (Å²) in [6, 6.07) is 6.53. The highest BCUT2D eigenvalue weighted by molar-refractivity contribution is 6.33. The number of carbonyl (C=O) groups excluding carboxylic acids is 2. The van der Waals surface area contributed by atoms with Crippen LogP contribution in [0.1, 0.15) is 23.7 Å². The maximum atomic E-state index is 11.6. The van der Waals surface area contributed by atoms with Gasteiger partial charge in [-0.05, 0) is 18.6 Å². The van der Waals surface area contributed by atoms with Gasteiger partial charge in [0.1, 0.15) is 0 Å². The molecule has 6 heteroatoms. The standard InChI is InChI=1S/C11H13ClN2O3/c1-2-7-17-11(16)14-13-10(15)8-5-3-4-6-9(8)12/h3-6H,2,7H2,1H3,(H,13,15)(H,14,16). The van der Waals surface area contributed by atoms with Crippen LogP contribution in [-0.2, 0) is 4.74 Å². The number of amides is 2. The first kappa shape index (κ1) is 13.3. The lowest BCUT2D eigenvalue weighted by atomic mass is 10.2. The van der Waals surface area contributed by atoms with Crippen molar-refractivity contribution in [2.24, 2.45) is 0 Å². The monoisotopic (exact) mass is 256 g/mol. The van der Waals surface area contributed by atoms with Gasteiger partial charge in [-0.1, -0.05) is 30.7 Å². The zero-order valence-corrected chi connectivity index (χ0v) is 10.1. The van der Waals surface area contributed by atoms with Crippen LogP contribution in [0.4, 0.5) is 4.79 Å². The van der Waals surface area contributed by atoms with E-state index in [1.807, 2.05) is 6.92 Å². The molecule has 1 rings (SSSR count). The summed E-state index contributed by atoms with van der Waals surface area (Å²) < 4.78 is 4.71. The summed E-state index contributed by atoms with van der Waals surface area (Å²) >= 11 is 5.81. The Balaban J connectivity index is 2.45. The normalized spacial score (nSPS) is 9.53. The molecule has 0 unspecified atom stereocenters. The van der Waals surface area contributed by atoms with Gasteiger partial charge in [0.05, 0.1) is 17.2 Å². The highest BCUT2D eigenvalue weighted by atomic mass is 35.5. The van der Waals surface area contributed by atoms with Crippen molar-refractivity contribution in [3.63, 3.8) is 0 Å². The lowest BCUT2D eigenvalue weighted by Gasteiger charge is -2.08. The van der Waals surface area contributed by atoms with E-state index in [1.165, 1.54) is 0 Å². The zero-order chi connectivity index (χ0) is 12.7. The Hall–Kier alpha value is -1.75. The molecule has 17 heavy (non-hydrogen) atoms. The molecule has 0 spiro atoms. The van der Waals surface area contributed by atoms with Gasteiger partial charge in [0.15, 0.2) is 0 Å². The quantitative estimate of drug-likeness (QED) is 0.814. The van der Waals surface area contributed by atoms with Gasteiger partial charge in [-0.2, -0.15) is 0 Å². The number of hydrogen-bond acceptors (Lipinski definition) is 3. The second-order valence-corrected chi connectivity index (χ2v) is 3.60. The van der Waals surface area contributed by atoms with Gasteiger partial charge < -0.3 is 4.74 Å². The Labute approximate surface area is 104 Å². The third-order valence-corrected chi connectivity index (χ3v) is 2.16. The van der Waals surface area contributed by atoms with Crippen LogP contribution in [0.3, 0.4) is 0 Å². The fraction of sp³-hybridized carbons (Fsp3) is 0.273. The molecule has 0 aliphatic heterocycles. The molecule has 2 N–H and O–H groups in total. The van der Waals surface area contributed by atoms with Crippen LogP contribution < -0.4 is 10.9 Å². The van der Waals surface area contributed by atoms with E-state index in [-0.39, 0.29) is 5.56 Å². The van der Waals surface area contributed by atoms with Crippen LogP contribution in [0.2, 0.25) is 5.02 Å². The van der Waals surface area contributed by atoms with Gasteiger partial charge in [-0.15, -0.1) is 0 Å². The summed E-state index contributed by atoms with van der Waals surface area (Å²) in [6.45, 7) is 2.17. The van der Waals surface area contributed by atoms with Gasteiger partial charge in [0.25, 0.3) is 5.91 Å². The lowest BCUT2D eigenvalue weighted by molar-refractivity contribution is 0.0910. The highest BCUT2D eigenvalue weighted by Gasteiger charge is 2.10. The molecule has 5 nitrogen and oxygen atoms in total. The molecule has 0 aliphatic carbocycles. The van der Waals surface area contributed by atoms with Gasteiger partial charge in [-0.25, -0.2) is 10.2 Å². The van der Waals surface area contributed by atoms with Gasteiger partial charge >= 0.3 is 6.09 Å². The topological polar surface area (TPSA) is 67.4 Å². The molecule has 0 radical (unpaired) electrons. The average molecular weight is 257 g/mol. The summed E-state index contributed by atoms with van der Waals surface area (Å²) in [5.41, 5.74) is 4.61. The van der Waals surface area contributed by atoms with E-state index in [9.17, 15) is 9.59 Å². The number of halogens is 1. The van der Waals surface area contributed by atoms with Crippen LogP contribution in [0.25, 0.3) is 0 Å². The molecule has 0 bridgehead atoms. The lowest BCUT2D eigenvalue weighted by Crippen LogP contribution is -2.42. The first-order chi connectivity index (χ1) is 8.15. The number of hydrogen-bond donors (Lipinski definition) is 2. The SMILES string of the molecule is CCCOC(=O)NNC(=O)c1ccccc1Cl. The van der Waals surface area contributed by atoms with Gasteiger partial charge in [0.2, 0.25) is 0 Å². The molecule has 92 valence electrons. The third kappa shape index (κ3) is 4.32. The number of hydrazine groups is 1. The first-order valence-electron chi connectivity index (χ1n) is 5.12. The van der Waals surface area contributed by atoms with Gasteiger partial charge in [0, 0.05) is 0 Å². The van der Waals surface area contributed by atoms with E-state index in [2.05, 4.69) is 10.9 Å². The smallest absolute Gasteiger partial charge is 0.426 e. The minimum absolute atomic E-state index is 0.282. The van der Waals surface area contributed by atoms with E-state index < -0.39 is 12.0 Å². The molecule has 0 saturated heterocycles. The molecule has 0 aromatic heterocycles. The fourth-order valence-corrected chi connectivity index (χ4v) is 1.27. The van der Waals surface area contributed by atoms with E-state index in [1.54, 1.807) is 24.3 Å². The van der Waals surface area contributed by atoms with Crippen molar-refractivity contribution >= 4 is 23.6 Å². The average Bonchev–Trinajstić information content (AvgIpc) is 2.34. The summed E-state index contributed by atoms with van der Waals surface area (Å²) in [5.74, 6) is -0.496. The molecule has 0 aliphatic rings. The molecule has 0 heterocycles. The summed E-state index contributed by atoms with van der Waals surface area (Å²) in [5, 5.41) is 0.314. The molecular formula is C11H13ClN2O3. The van der Waals surface area contributed by atoms with Crippen LogP contribution in [0, 0.1) is 0 Å². The van der Waals surface area contributed by atoms with Crippen molar-refractivity contribution < 1.29 is 14.3 Å². The minimum Gasteiger partial charge on any atom is -0.448 e. The predicted octanol–water partition coefficient (Wildman–Crippen LogP) is 2.12. The minimum atomic E-state index is -0.702. The molecule has 1 aromatic carbocycles. The van der Waals surface area contributed by atoms with Crippen LogP contribution in [0.5, 0.6) is 0 Å². The van der Waals surface area contributed by atoms with Crippen molar-refractivity contribution in [2.45, 2.75) is 13.3 Å². The number of rotatable bonds is 3. The highest BCUT2D eigenvalue weighted by Crippen LogP contribution is 2.13. The predicted molar refractivity (Wildman–Crippen MR) is 63.7 cm³/mol. The Kier molecular flexibility index (Phi) is 5.29. The summed E-state index contributed by atoms with van der Waals surface area (Å²) in [7, 11) is 0. The van der Waals surface area contributed by atoms with Crippen LogP contribution >= 0.6 is 11.6 Å². The van der Waals surface area contributed by atoms with Crippen LogP contribution in [0.15, 0.2) is 24.3 Å². The maximum absolute atomic E-state index is 11.6. The first-order valence-corrected chi connectivity index (χ1v) is 5.50. The maximum Gasteiger partial charge on any atom is 0.426 e. The van der Waals surface area contributed by atoms with Crippen molar-refractivity contribution in [1.29, 1.82) is 0 Å². The van der Waals surface area contributed by atoms with Crippen molar-refractivity contribution in [1.82, 2.24) is 10.9 Å². The summed E-state index contributed by atoms with van der Waals surface area (Å²) in [4.78, 5) is 22.6. The third-order valence-electron chi connectivity index (χ3n) is 1.83. The van der Waals surface area contributed by atoms with E-state index >= 15 is 0 Å². The Morgan fingerprint density at radius 2 is 2.00 bits per heavy atom. The zero-order valence-electron chi connectivity index (χ0n) is 9.33. The van der Waals surface area contributed by atoms with E-state index in [4.69, 9.17) is 16.3 Å². The summed E-state index contributed by atoms with van der Waals surface area (Å²) in [6.07, 6.45) is 0.0125. The van der Waals surface area contributed by atoms with E-state index in [0.29, 0.717) is 18.1 Å². The molecule has 0 saturated carbocycles. The second-order valence-electron chi connectivity index (χ2n) is 3.19. The number of benzene rings is 1. The Bertz CT molecular complexity index is 409. The Morgan fingerprint density at radius 1 is 1.29 bits per heavy atom. The molecule has 0 atom stereocenters. The number of carbonyl (C=O) groups is 2. The van der Waals surface area contributed by atoms with Gasteiger partial charge in [-0.3, -0.25) is 10.2 Å². The number of nitrogens with one attached hydrogen (secondary N) is 2.